The van der Waals surface area contributed by atoms with E-state index in [1.165, 1.54) is 0 Å². The minimum Gasteiger partial charge on any atom is -0.375 e. The van der Waals surface area contributed by atoms with E-state index in [9.17, 15) is 13.6 Å². The van der Waals surface area contributed by atoms with E-state index in [-0.39, 0.29) is 24.0 Å². The Morgan fingerprint density at radius 3 is 3.00 bits per heavy atom. The highest BCUT2D eigenvalue weighted by Gasteiger charge is 2.29. The van der Waals surface area contributed by atoms with Crippen LogP contribution in [0.25, 0.3) is 11.0 Å². The lowest BCUT2D eigenvalue weighted by molar-refractivity contribution is -0.0355. The predicted octanol–water partition coefficient (Wildman–Crippen LogP) is 3.14. The summed E-state index contributed by atoms with van der Waals surface area (Å²) in [6.07, 6.45) is -2.69. The van der Waals surface area contributed by atoms with Crippen LogP contribution in [0.15, 0.2) is 18.2 Å². The molecule has 2 heterocycles. The summed E-state index contributed by atoms with van der Waals surface area (Å²) in [5.74, 6) is -0.376. The molecule has 2 N–H and O–H groups in total. The fourth-order valence-corrected chi connectivity index (χ4v) is 2.63. The molecule has 1 aromatic carbocycles. The van der Waals surface area contributed by atoms with Crippen LogP contribution in [0.1, 0.15) is 26.1 Å². The molecule has 1 aliphatic heterocycles. The monoisotopic (exact) mass is 324 g/mol. The molecule has 1 aliphatic rings. The fraction of sp³-hybridized carbons (Fsp3) is 0.467. The Morgan fingerprint density at radius 1 is 1.48 bits per heavy atom. The van der Waals surface area contributed by atoms with Crippen LogP contribution in [0.2, 0.25) is 0 Å². The van der Waals surface area contributed by atoms with E-state index in [0.29, 0.717) is 29.9 Å². The SMILES string of the molecule is C[C@@H]1OCCN(C(=O)Nc2ccc3nc(C(F)F)[nH]c3c2)[C@@H]1C. The van der Waals surface area contributed by atoms with Gasteiger partial charge >= 0.3 is 6.03 Å². The number of rotatable bonds is 2. The zero-order chi connectivity index (χ0) is 16.6. The van der Waals surface area contributed by atoms with Crippen molar-refractivity contribution in [1.29, 1.82) is 0 Å². The number of benzene rings is 1. The lowest BCUT2D eigenvalue weighted by atomic mass is 10.1. The molecule has 0 unspecified atom stereocenters. The van der Waals surface area contributed by atoms with E-state index in [1.807, 2.05) is 13.8 Å². The second-order valence-electron chi connectivity index (χ2n) is 5.59. The summed E-state index contributed by atoms with van der Waals surface area (Å²) < 4.78 is 30.8. The summed E-state index contributed by atoms with van der Waals surface area (Å²) in [4.78, 5) is 20.4. The molecule has 124 valence electrons. The number of halogens is 2. The van der Waals surface area contributed by atoms with E-state index >= 15 is 0 Å². The van der Waals surface area contributed by atoms with Crippen LogP contribution >= 0.6 is 0 Å². The van der Waals surface area contributed by atoms with Crippen molar-refractivity contribution in [2.45, 2.75) is 32.4 Å². The molecule has 0 bridgehead atoms. The minimum atomic E-state index is -2.66. The first-order valence-electron chi connectivity index (χ1n) is 7.42. The van der Waals surface area contributed by atoms with E-state index in [2.05, 4.69) is 15.3 Å². The number of fused-ring (bicyclic) bond motifs is 1. The van der Waals surface area contributed by atoms with Crippen LogP contribution in [-0.4, -0.2) is 46.2 Å². The van der Waals surface area contributed by atoms with Crippen LogP contribution in [0.3, 0.4) is 0 Å². The third-order valence-corrected chi connectivity index (χ3v) is 4.10. The highest BCUT2D eigenvalue weighted by Crippen LogP contribution is 2.23. The molecular weight excluding hydrogens is 306 g/mol. The Kier molecular flexibility index (Phi) is 4.16. The number of hydrogen-bond acceptors (Lipinski definition) is 3. The maximum absolute atomic E-state index is 12.7. The predicted molar refractivity (Wildman–Crippen MR) is 81.7 cm³/mol. The van der Waals surface area contributed by atoms with Crippen LogP contribution in [0.5, 0.6) is 0 Å². The fourth-order valence-electron chi connectivity index (χ4n) is 2.63. The van der Waals surface area contributed by atoms with Crippen LogP contribution in [0.4, 0.5) is 19.3 Å². The van der Waals surface area contributed by atoms with Gasteiger partial charge in [0.15, 0.2) is 5.82 Å². The summed E-state index contributed by atoms with van der Waals surface area (Å²) in [6, 6.07) is 4.56. The number of nitrogens with zero attached hydrogens (tertiary/aromatic N) is 2. The third kappa shape index (κ3) is 3.12. The van der Waals surface area contributed by atoms with Crippen molar-refractivity contribution in [3.63, 3.8) is 0 Å². The van der Waals surface area contributed by atoms with Crippen molar-refractivity contribution in [2.75, 3.05) is 18.5 Å². The molecule has 2 aromatic rings. The van der Waals surface area contributed by atoms with E-state index in [1.54, 1.807) is 23.1 Å². The van der Waals surface area contributed by atoms with Gasteiger partial charge in [0.2, 0.25) is 0 Å². The number of imidazole rings is 1. The number of anilines is 1. The molecule has 2 atom stereocenters. The Morgan fingerprint density at radius 2 is 2.26 bits per heavy atom. The van der Waals surface area contributed by atoms with Crippen molar-refractivity contribution in [3.8, 4) is 0 Å². The van der Waals surface area contributed by atoms with Gasteiger partial charge in [0.05, 0.1) is 29.8 Å². The van der Waals surface area contributed by atoms with E-state index in [0.717, 1.165) is 0 Å². The summed E-state index contributed by atoms with van der Waals surface area (Å²) in [7, 11) is 0. The van der Waals surface area contributed by atoms with Gasteiger partial charge in [0.25, 0.3) is 6.43 Å². The van der Waals surface area contributed by atoms with Gasteiger partial charge in [0.1, 0.15) is 0 Å². The van der Waals surface area contributed by atoms with Gasteiger partial charge < -0.3 is 19.9 Å². The van der Waals surface area contributed by atoms with Crippen molar-refractivity contribution >= 4 is 22.8 Å². The van der Waals surface area contributed by atoms with Gasteiger partial charge in [-0.1, -0.05) is 0 Å². The Hall–Kier alpha value is -2.22. The number of hydrogen-bond donors (Lipinski definition) is 2. The molecule has 1 fully saturated rings. The molecule has 6 nitrogen and oxygen atoms in total. The van der Waals surface area contributed by atoms with Crippen molar-refractivity contribution in [3.05, 3.63) is 24.0 Å². The Bertz CT molecular complexity index is 719. The molecule has 1 aromatic heterocycles. The van der Waals surface area contributed by atoms with E-state index < -0.39 is 6.43 Å². The number of amides is 2. The standard InChI is InChI=1S/C15H18F2N4O2/c1-8-9(2)23-6-5-21(8)15(22)18-10-3-4-11-12(7-10)20-14(19-11)13(16)17/h3-4,7-9,13H,5-6H2,1-2H3,(H,18,22)(H,19,20)/t8-,9+/m1/s1. The first-order valence-corrected chi connectivity index (χ1v) is 7.42. The average molecular weight is 324 g/mol. The number of carbonyl (C=O) groups is 1. The minimum absolute atomic E-state index is 0.0295. The number of carbonyl (C=O) groups excluding carboxylic acids is 1. The van der Waals surface area contributed by atoms with Crippen molar-refractivity contribution < 1.29 is 18.3 Å². The second kappa shape index (κ2) is 6.11. The zero-order valence-electron chi connectivity index (χ0n) is 12.8. The quantitative estimate of drug-likeness (QED) is 0.891. The number of nitrogens with one attached hydrogen (secondary N) is 2. The van der Waals surface area contributed by atoms with Crippen LogP contribution < -0.4 is 5.32 Å². The molecule has 0 spiro atoms. The van der Waals surface area contributed by atoms with E-state index in [4.69, 9.17) is 4.74 Å². The molecule has 3 rings (SSSR count). The Balaban J connectivity index is 1.76. The van der Waals surface area contributed by atoms with Crippen molar-refractivity contribution in [1.82, 2.24) is 14.9 Å². The number of morpholine rings is 1. The highest BCUT2D eigenvalue weighted by atomic mass is 19.3. The maximum Gasteiger partial charge on any atom is 0.322 e. The lowest BCUT2D eigenvalue weighted by Gasteiger charge is -2.37. The van der Waals surface area contributed by atoms with Gasteiger partial charge in [0, 0.05) is 12.2 Å². The number of alkyl halides is 2. The topological polar surface area (TPSA) is 70.2 Å². The Labute approximate surface area is 131 Å². The molecule has 2 amide bonds. The van der Waals surface area contributed by atoms with Crippen LogP contribution in [-0.2, 0) is 4.74 Å². The molecule has 0 aliphatic carbocycles. The van der Waals surface area contributed by atoms with Gasteiger partial charge in [-0.2, -0.15) is 0 Å². The molecule has 23 heavy (non-hydrogen) atoms. The average Bonchev–Trinajstić information content (AvgIpc) is 2.93. The second-order valence-corrected chi connectivity index (χ2v) is 5.59. The summed E-state index contributed by atoms with van der Waals surface area (Å²) in [5, 5.41) is 2.79. The van der Waals surface area contributed by atoms with Gasteiger partial charge in [-0.05, 0) is 32.0 Å². The summed E-state index contributed by atoms with van der Waals surface area (Å²) in [5.41, 5.74) is 1.42. The zero-order valence-corrected chi connectivity index (χ0v) is 12.8. The molecule has 8 heteroatoms. The van der Waals surface area contributed by atoms with Gasteiger partial charge in [-0.3, -0.25) is 0 Å². The molecule has 0 saturated carbocycles. The largest absolute Gasteiger partial charge is 0.375 e. The highest BCUT2D eigenvalue weighted by molar-refractivity contribution is 5.92. The number of urea groups is 1. The van der Waals surface area contributed by atoms with Crippen molar-refractivity contribution in [2.24, 2.45) is 0 Å². The first kappa shape index (κ1) is 15.7. The maximum atomic E-state index is 12.7. The number of H-pyrrole nitrogens is 1. The molecular formula is C15H18F2N4O2. The number of aromatic amines is 1. The summed E-state index contributed by atoms with van der Waals surface area (Å²) >= 11 is 0. The normalized spacial score (nSPS) is 21.9. The van der Waals surface area contributed by atoms with Gasteiger partial charge in [-0.15, -0.1) is 0 Å². The lowest BCUT2D eigenvalue weighted by Crippen LogP contribution is -2.52. The van der Waals surface area contributed by atoms with Crippen LogP contribution in [0, 0.1) is 0 Å². The number of aromatic nitrogens is 2. The smallest absolute Gasteiger partial charge is 0.322 e. The molecule has 1 saturated heterocycles. The molecule has 0 radical (unpaired) electrons. The summed E-state index contributed by atoms with van der Waals surface area (Å²) in [6.45, 7) is 4.86. The third-order valence-electron chi connectivity index (χ3n) is 4.10. The first-order chi connectivity index (χ1) is 11.0. The van der Waals surface area contributed by atoms with Gasteiger partial charge in [-0.25, -0.2) is 18.6 Å². The number of ether oxygens (including phenoxy) is 1.